The maximum Gasteiger partial charge on any atom is 0.195 e. The number of hydrogen-bond donors (Lipinski definition) is 0. The molecule has 0 spiro atoms. The second kappa shape index (κ2) is 6.32. The van der Waals surface area contributed by atoms with Crippen molar-refractivity contribution in [2.75, 3.05) is 6.26 Å². The lowest BCUT2D eigenvalue weighted by atomic mass is 10.1. The molecule has 0 atom stereocenters. The van der Waals surface area contributed by atoms with Gasteiger partial charge < -0.3 is 0 Å². The first-order valence-corrected chi connectivity index (χ1v) is 8.60. The largest absolute Gasteiger partial charge is 0.270 e. The van der Waals surface area contributed by atoms with Crippen LogP contribution in [-0.2, 0) is 0 Å². The van der Waals surface area contributed by atoms with Gasteiger partial charge in [0.1, 0.15) is 0 Å². The molecule has 0 bridgehead atoms. The van der Waals surface area contributed by atoms with Crippen molar-refractivity contribution in [2.24, 2.45) is 0 Å². The van der Waals surface area contributed by atoms with Crippen LogP contribution in [0.2, 0.25) is 10.0 Å². The van der Waals surface area contributed by atoms with E-state index in [1.807, 2.05) is 35.1 Å². The van der Waals surface area contributed by atoms with E-state index in [9.17, 15) is 0 Å². The molecule has 0 saturated heterocycles. The molecule has 0 radical (unpaired) electrons. The van der Waals surface area contributed by atoms with E-state index in [1.165, 1.54) is 0 Å². The third-order valence-corrected chi connectivity index (χ3v) is 4.52. The monoisotopic (exact) mass is 349 g/mol. The van der Waals surface area contributed by atoms with Crippen LogP contribution in [0.15, 0.2) is 47.6 Å². The van der Waals surface area contributed by atoms with Crippen molar-refractivity contribution in [3.05, 3.63) is 58.1 Å². The number of para-hydroxylation sites is 1. The highest BCUT2D eigenvalue weighted by Crippen LogP contribution is 2.33. The molecule has 6 heteroatoms. The van der Waals surface area contributed by atoms with Gasteiger partial charge in [-0.1, -0.05) is 53.2 Å². The molecule has 3 aromatic rings. The molecule has 3 nitrogen and oxygen atoms in total. The van der Waals surface area contributed by atoms with Gasteiger partial charge in [0, 0.05) is 10.6 Å². The van der Waals surface area contributed by atoms with Crippen LogP contribution in [0.4, 0.5) is 0 Å². The minimum atomic E-state index is 0.558. The normalized spacial score (nSPS) is 10.9. The van der Waals surface area contributed by atoms with Crippen molar-refractivity contribution in [2.45, 2.75) is 12.1 Å². The molecule has 0 unspecified atom stereocenters. The first-order chi connectivity index (χ1) is 10.6. The lowest BCUT2D eigenvalue weighted by Crippen LogP contribution is -2.01. The Labute approximate surface area is 143 Å². The fourth-order valence-corrected chi connectivity index (χ4v) is 3.26. The SMILES string of the molecule is CSc1nnc(-c2ccc(Cl)cc2Cl)n1-c1ccccc1C. The van der Waals surface area contributed by atoms with E-state index >= 15 is 0 Å². The van der Waals surface area contributed by atoms with Crippen molar-refractivity contribution >= 4 is 35.0 Å². The first-order valence-electron chi connectivity index (χ1n) is 6.62. The third-order valence-electron chi connectivity index (χ3n) is 3.34. The van der Waals surface area contributed by atoms with Gasteiger partial charge in [-0.25, -0.2) is 0 Å². The summed E-state index contributed by atoms with van der Waals surface area (Å²) in [6, 6.07) is 13.5. The van der Waals surface area contributed by atoms with Crippen LogP contribution in [0.5, 0.6) is 0 Å². The highest BCUT2D eigenvalue weighted by molar-refractivity contribution is 7.98. The number of halogens is 2. The molecule has 112 valence electrons. The van der Waals surface area contributed by atoms with Gasteiger partial charge in [0.05, 0.1) is 10.7 Å². The molecule has 0 fully saturated rings. The number of thioether (sulfide) groups is 1. The van der Waals surface area contributed by atoms with Crippen molar-refractivity contribution in [3.63, 3.8) is 0 Å². The van der Waals surface area contributed by atoms with E-state index in [0.717, 1.165) is 22.0 Å². The van der Waals surface area contributed by atoms with Crippen LogP contribution in [0.25, 0.3) is 17.1 Å². The zero-order chi connectivity index (χ0) is 15.7. The maximum absolute atomic E-state index is 6.34. The zero-order valence-corrected chi connectivity index (χ0v) is 14.4. The van der Waals surface area contributed by atoms with E-state index in [1.54, 1.807) is 23.9 Å². The van der Waals surface area contributed by atoms with Gasteiger partial charge in [-0.15, -0.1) is 10.2 Å². The Kier molecular flexibility index (Phi) is 4.43. The van der Waals surface area contributed by atoms with Crippen LogP contribution >= 0.6 is 35.0 Å². The Balaban J connectivity index is 2.26. The van der Waals surface area contributed by atoms with Crippen molar-refractivity contribution in [1.82, 2.24) is 14.8 Å². The van der Waals surface area contributed by atoms with Crippen LogP contribution in [0, 0.1) is 6.92 Å². The van der Waals surface area contributed by atoms with Gasteiger partial charge in [0.2, 0.25) is 0 Å². The Morgan fingerprint density at radius 1 is 1.05 bits per heavy atom. The number of hydrogen-bond acceptors (Lipinski definition) is 3. The molecule has 3 rings (SSSR count). The Morgan fingerprint density at radius 2 is 1.82 bits per heavy atom. The summed E-state index contributed by atoms with van der Waals surface area (Å²) < 4.78 is 2.02. The highest BCUT2D eigenvalue weighted by atomic mass is 35.5. The molecule has 0 aliphatic rings. The van der Waals surface area contributed by atoms with Crippen molar-refractivity contribution in [1.29, 1.82) is 0 Å². The summed E-state index contributed by atoms with van der Waals surface area (Å²) in [6.45, 7) is 2.06. The number of aromatic nitrogens is 3. The maximum atomic E-state index is 6.34. The molecular weight excluding hydrogens is 337 g/mol. The van der Waals surface area contributed by atoms with Crippen molar-refractivity contribution in [3.8, 4) is 17.1 Å². The molecule has 0 aliphatic heterocycles. The van der Waals surface area contributed by atoms with Gasteiger partial charge in [0.15, 0.2) is 11.0 Å². The molecule has 0 N–H and O–H groups in total. The average molecular weight is 350 g/mol. The van der Waals surface area contributed by atoms with E-state index in [4.69, 9.17) is 23.2 Å². The lowest BCUT2D eigenvalue weighted by molar-refractivity contribution is 0.883. The second-order valence-electron chi connectivity index (χ2n) is 4.76. The molecule has 0 aliphatic carbocycles. The fraction of sp³-hybridized carbons (Fsp3) is 0.125. The van der Waals surface area contributed by atoms with Crippen LogP contribution in [0.1, 0.15) is 5.56 Å². The van der Waals surface area contributed by atoms with Crippen molar-refractivity contribution < 1.29 is 0 Å². The Hall–Kier alpha value is -1.49. The number of nitrogens with zero attached hydrogens (tertiary/aromatic N) is 3. The fourth-order valence-electron chi connectivity index (χ4n) is 2.28. The van der Waals surface area contributed by atoms with Crippen LogP contribution < -0.4 is 0 Å². The summed E-state index contributed by atoms with van der Waals surface area (Å²) in [5.74, 6) is 0.709. The summed E-state index contributed by atoms with van der Waals surface area (Å²) in [6.07, 6.45) is 1.98. The minimum absolute atomic E-state index is 0.558. The van der Waals surface area contributed by atoms with E-state index in [2.05, 4.69) is 23.2 Å². The molecule has 22 heavy (non-hydrogen) atoms. The average Bonchev–Trinajstić information content (AvgIpc) is 2.91. The molecular formula is C16H13Cl2N3S. The topological polar surface area (TPSA) is 30.7 Å². The van der Waals surface area contributed by atoms with E-state index in [0.29, 0.717) is 15.9 Å². The molecule has 0 saturated carbocycles. The predicted molar refractivity (Wildman–Crippen MR) is 93.3 cm³/mol. The predicted octanol–water partition coefficient (Wildman–Crippen LogP) is 5.27. The highest BCUT2D eigenvalue weighted by Gasteiger charge is 2.18. The smallest absolute Gasteiger partial charge is 0.195 e. The van der Waals surface area contributed by atoms with Gasteiger partial charge in [-0.05, 0) is 43.0 Å². The lowest BCUT2D eigenvalue weighted by Gasteiger charge is -2.12. The van der Waals surface area contributed by atoms with E-state index in [-0.39, 0.29) is 0 Å². The molecule has 1 aromatic heterocycles. The number of benzene rings is 2. The summed E-state index contributed by atoms with van der Waals surface area (Å²) >= 11 is 13.9. The summed E-state index contributed by atoms with van der Waals surface area (Å²) in [4.78, 5) is 0. The molecule has 0 amide bonds. The van der Waals surface area contributed by atoms with Gasteiger partial charge in [-0.3, -0.25) is 4.57 Å². The van der Waals surface area contributed by atoms with Gasteiger partial charge in [-0.2, -0.15) is 0 Å². The van der Waals surface area contributed by atoms with Gasteiger partial charge in [0.25, 0.3) is 0 Å². The zero-order valence-electron chi connectivity index (χ0n) is 12.0. The quantitative estimate of drug-likeness (QED) is 0.603. The minimum Gasteiger partial charge on any atom is -0.270 e. The third kappa shape index (κ3) is 2.74. The van der Waals surface area contributed by atoms with Crippen LogP contribution in [-0.4, -0.2) is 21.0 Å². The second-order valence-corrected chi connectivity index (χ2v) is 6.37. The van der Waals surface area contributed by atoms with E-state index < -0.39 is 0 Å². The summed E-state index contributed by atoms with van der Waals surface area (Å²) in [7, 11) is 0. The van der Waals surface area contributed by atoms with Crippen LogP contribution in [0.3, 0.4) is 0 Å². The summed E-state index contributed by atoms with van der Waals surface area (Å²) in [5.41, 5.74) is 2.99. The molecule has 2 aromatic carbocycles. The van der Waals surface area contributed by atoms with Gasteiger partial charge >= 0.3 is 0 Å². The first kappa shape index (κ1) is 15.4. The molecule has 1 heterocycles. The standard InChI is InChI=1S/C16H13Cl2N3S/c1-10-5-3-4-6-14(10)21-15(19-20-16(21)22-2)12-8-7-11(17)9-13(12)18/h3-9H,1-2H3. The Morgan fingerprint density at radius 3 is 2.50 bits per heavy atom. The number of aryl methyl sites for hydroxylation is 1. The summed E-state index contributed by atoms with van der Waals surface area (Å²) in [5, 5.41) is 10.6. The number of rotatable bonds is 3. The Bertz CT molecular complexity index is 830.